The number of likely N-dealkylation sites (N-methyl/N-ethyl adjacent to an activating group) is 7. The number of carbonyl (C=O) groups excluding carboxylic acids is 12. The minimum Gasteiger partial charge on any atom is -0.344 e. The molecule has 0 aromatic rings. The van der Waals surface area contributed by atoms with Crippen LogP contribution in [0, 0.1) is 53.3 Å². The van der Waals surface area contributed by atoms with Crippen molar-refractivity contribution in [2.75, 3.05) is 82.1 Å². The predicted molar refractivity (Wildman–Crippen MR) is 383 cm³/mol. The van der Waals surface area contributed by atoms with Crippen molar-refractivity contribution >= 4 is 70.9 Å². The standard InChI is InChI=1S/C76H113F9N12O12/c1-14-22-53-64(101)87-62(44(4)16-3)70(107)91(9)41-60(100)93(11)54-25-18-17-21-33-96(69(54)106)57(36-45-26-29-48(30-27-45)75(80,81)82)68(105)90(8)40-58(98)86-52(31-28-46-34-50(78)61(51(79)35-46)76(83,84)85)66(103)97-39-49(77)37-55(97)65(102)88-74(42-73(5,6)43-74)72(109)95(13)63(47-23-19-20-24-47)71(108)94(12)56(38-59(99)92(53)10)67(104)89(7)32-15-2/h1,17-18,44-57,61-63H,15-16,19-43H2,2-13H3,(H,86,98)(H,87,101)(H,88,102)/b18-17-/t44-,45?,46?,48?,49+,50?,51?,52-,53-,54-,55-,56-,57-,61?,62-,63-/m0/s1. The van der Waals surface area contributed by atoms with E-state index in [2.05, 4.69) is 21.9 Å². The number of terminal acetylenes is 1. The zero-order valence-corrected chi connectivity index (χ0v) is 65.0. The SMILES string of the molecule is C#CC[C@H]1C(=O)N[C@@H]([C@@H](C)CC)C(=O)N(C)CC(=O)N(C)[C@H]2C/C=C\CCN(C2=O)[C@@H](CC2CCC(C(F)(F)F)CC2)C(=O)N(C)CC(=O)N[C@@H](CCC2CC(F)C(C(F)(F)F)C(F)C2)C(=O)N2C[C@H](F)C[C@H]2C(=O)NC2(CC(C)(C)C2)C(=O)N(C)[C@@H](C2CCCC2)C(=O)N(C)[C@H](C(=O)N(C)CCC)CC(=O)N1C. The lowest BCUT2D eigenvalue weighted by atomic mass is 9.58. The number of amides is 12. The lowest BCUT2D eigenvalue weighted by molar-refractivity contribution is -0.219. The first-order valence-electron chi connectivity index (χ1n) is 38.4. The summed E-state index contributed by atoms with van der Waals surface area (Å²) in [6.07, 6.45) is -10.6. The predicted octanol–water partition coefficient (Wildman–Crippen LogP) is 6.68. The van der Waals surface area contributed by atoms with Crippen LogP contribution in [0.4, 0.5) is 39.5 Å². The van der Waals surface area contributed by atoms with Gasteiger partial charge in [0.15, 0.2) is 0 Å². The molecule has 2 saturated heterocycles. The third-order valence-electron chi connectivity index (χ3n) is 24.0. The lowest BCUT2D eigenvalue weighted by Crippen LogP contribution is -2.71. The van der Waals surface area contributed by atoms with Crippen molar-refractivity contribution < 1.29 is 97.0 Å². The van der Waals surface area contributed by atoms with Gasteiger partial charge in [-0.2, -0.15) is 26.3 Å². The monoisotopic (exact) mass is 1560 g/mol. The minimum absolute atomic E-state index is 0.0330. The molecule has 4 saturated carbocycles. The maximum atomic E-state index is 16.3. The summed E-state index contributed by atoms with van der Waals surface area (Å²) in [5.41, 5.74) is -2.52. The Morgan fingerprint density at radius 2 is 1.28 bits per heavy atom. The van der Waals surface area contributed by atoms with Crippen LogP contribution in [-0.2, 0) is 57.5 Å². The summed E-state index contributed by atoms with van der Waals surface area (Å²) in [7, 11) is 9.15. The first-order chi connectivity index (χ1) is 50.9. The molecule has 12 amide bonds. The number of rotatable bonds is 12. The van der Waals surface area contributed by atoms with Gasteiger partial charge in [0.2, 0.25) is 70.9 Å². The van der Waals surface area contributed by atoms with Gasteiger partial charge < -0.3 is 60.0 Å². The van der Waals surface area contributed by atoms with Gasteiger partial charge >= 0.3 is 12.4 Å². The van der Waals surface area contributed by atoms with E-state index in [1.165, 1.54) is 64.0 Å². The lowest BCUT2D eigenvalue weighted by Gasteiger charge is -2.54. The molecule has 612 valence electrons. The summed E-state index contributed by atoms with van der Waals surface area (Å²) in [5, 5.41) is 8.09. The number of nitrogens with zero attached hydrogens (tertiary/aromatic N) is 9. The largest absolute Gasteiger partial charge is 0.397 e. The van der Waals surface area contributed by atoms with E-state index in [9.17, 15) is 55.1 Å². The van der Waals surface area contributed by atoms with E-state index in [1.54, 1.807) is 46.8 Å². The Morgan fingerprint density at radius 1 is 0.670 bits per heavy atom. The highest BCUT2D eigenvalue weighted by Crippen LogP contribution is 2.50. The van der Waals surface area contributed by atoms with Crippen molar-refractivity contribution in [2.24, 2.45) is 40.9 Å². The molecule has 12 atom stereocenters. The van der Waals surface area contributed by atoms with Gasteiger partial charge in [0.25, 0.3) is 0 Å². The van der Waals surface area contributed by atoms with E-state index >= 15 is 41.9 Å². The second-order valence-electron chi connectivity index (χ2n) is 32.6. The number of hydrogen-bond acceptors (Lipinski definition) is 12. The van der Waals surface area contributed by atoms with Gasteiger partial charge in [0.05, 0.1) is 32.0 Å². The van der Waals surface area contributed by atoms with Gasteiger partial charge in [-0.15, -0.1) is 12.3 Å². The molecule has 2 bridgehead atoms. The van der Waals surface area contributed by atoms with Crippen LogP contribution < -0.4 is 16.0 Å². The Balaban J connectivity index is 1.33. The van der Waals surface area contributed by atoms with Gasteiger partial charge in [-0.05, 0) is 132 Å². The molecule has 4 aliphatic carbocycles. The van der Waals surface area contributed by atoms with Crippen molar-refractivity contribution in [2.45, 2.75) is 261 Å². The molecule has 2 unspecified atom stereocenters. The fraction of sp³-hybridized carbons (Fsp3) is 0.789. The van der Waals surface area contributed by atoms with Crippen molar-refractivity contribution in [3.63, 3.8) is 0 Å². The second-order valence-corrected chi connectivity index (χ2v) is 32.6. The van der Waals surface area contributed by atoms with Crippen LogP contribution in [0.1, 0.15) is 176 Å². The Bertz CT molecular complexity index is 3360. The molecule has 0 aromatic heterocycles. The molecule has 0 radical (unpaired) electrons. The molecule has 3 heterocycles. The summed E-state index contributed by atoms with van der Waals surface area (Å²) in [6, 6.07) is -12.3. The molecule has 1 spiro atoms. The zero-order chi connectivity index (χ0) is 81.3. The smallest absolute Gasteiger partial charge is 0.344 e. The highest BCUT2D eigenvalue weighted by Gasteiger charge is 2.60. The van der Waals surface area contributed by atoms with Crippen molar-refractivity contribution in [1.29, 1.82) is 0 Å². The fourth-order valence-electron chi connectivity index (χ4n) is 17.6. The quantitative estimate of drug-likeness (QED) is 0.105. The number of alkyl halides is 9. The molecule has 0 aromatic carbocycles. The molecular formula is C76H113F9N12O12. The van der Waals surface area contributed by atoms with E-state index in [0.29, 0.717) is 32.1 Å². The fourth-order valence-corrected chi connectivity index (χ4v) is 17.6. The zero-order valence-electron chi connectivity index (χ0n) is 65.0. The summed E-state index contributed by atoms with van der Waals surface area (Å²) < 4.78 is 131. The van der Waals surface area contributed by atoms with Gasteiger partial charge in [0, 0.05) is 75.3 Å². The molecule has 33 heteroatoms. The van der Waals surface area contributed by atoms with Crippen molar-refractivity contribution in [1.82, 2.24) is 60.0 Å². The molecule has 7 rings (SSSR count). The van der Waals surface area contributed by atoms with Crippen LogP contribution in [0.2, 0.25) is 0 Å². The number of fused-ring (bicyclic) bond motifs is 3. The Kier molecular flexibility index (Phi) is 30.1. The van der Waals surface area contributed by atoms with Gasteiger partial charge in [-0.3, -0.25) is 57.5 Å². The summed E-state index contributed by atoms with van der Waals surface area (Å²) in [6.45, 7) is 6.35. The normalized spacial score (nSPS) is 32.1. The third kappa shape index (κ3) is 21.3. The first-order valence-corrected chi connectivity index (χ1v) is 38.4. The third-order valence-corrected chi connectivity index (χ3v) is 24.0. The topological polar surface area (TPSA) is 270 Å². The molecular weight excluding hydrogens is 1440 g/mol. The van der Waals surface area contributed by atoms with Crippen LogP contribution in [0.15, 0.2) is 12.2 Å². The first kappa shape index (κ1) is 88.5. The van der Waals surface area contributed by atoms with Crippen LogP contribution in [0.5, 0.6) is 0 Å². The second kappa shape index (κ2) is 37.1. The molecule has 3 N–H and O–H groups in total. The van der Waals surface area contributed by atoms with Crippen LogP contribution in [0.3, 0.4) is 0 Å². The highest BCUT2D eigenvalue weighted by atomic mass is 19.4. The highest BCUT2D eigenvalue weighted by molar-refractivity contribution is 6.01. The van der Waals surface area contributed by atoms with Crippen molar-refractivity contribution in [3.8, 4) is 12.3 Å². The molecule has 24 nitrogen and oxygen atoms in total. The number of hydrogen-bond donors (Lipinski definition) is 3. The summed E-state index contributed by atoms with van der Waals surface area (Å²) in [5.74, 6) is -15.7. The Hall–Kier alpha value is -7.69. The van der Waals surface area contributed by atoms with Crippen LogP contribution >= 0.6 is 0 Å². The van der Waals surface area contributed by atoms with Gasteiger partial charge in [-0.25, -0.2) is 13.2 Å². The van der Waals surface area contributed by atoms with E-state index in [0.717, 1.165) is 29.4 Å². The number of nitrogens with one attached hydrogen (secondary N) is 3. The minimum atomic E-state index is -5.25. The Morgan fingerprint density at radius 3 is 1.85 bits per heavy atom. The van der Waals surface area contributed by atoms with E-state index < -0.39 is 261 Å². The van der Waals surface area contributed by atoms with E-state index in [1.807, 2.05) is 0 Å². The maximum Gasteiger partial charge on any atom is 0.397 e. The molecule has 6 fully saturated rings. The average Bonchev–Trinajstić information content (AvgIpc) is 1.51. The number of halogens is 9. The maximum absolute atomic E-state index is 16.3. The average molecular weight is 1560 g/mol. The molecule has 3 aliphatic heterocycles. The molecule has 109 heavy (non-hydrogen) atoms. The summed E-state index contributed by atoms with van der Waals surface area (Å²) >= 11 is 0. The Labute approximate surface area is 633 Å². The van der Waals surface area contributed by atoms with Crippen LogP contribution in [-0.4, -0.2) is 282 Å². The van der Waals surface area contributed by atoms with Gasteiger partial charge in [0.1, 0.15) is 78.3 Å². The van der Waals surface area contributed by atoms with Gasteiger partial charge in [-0.1, -0.05) is 66.0 Å². The summed E-state index contributed by atoms with van der Waals surface area (Å²) in [4.78, 5) is 191. The van der Waals surface area contributed by atoms with Crippen LogP contribution in [0.25, 0.3) is 0 Å². The molecule has 7 aliphatic rings. The van der Waals surface area contributed by atoms with E-state index in [-0.39, 0.29) is 77.3 Å². The van der Waals surface area contributed by atoms with Crippen molar-refractivity contribution in [3.05, 3.63) is 12.2 Å². The number of carbonyl (C=O) groups is 12. The van der Waals surface area contributed by atoms with E-state index in [4.69, 9.17) is 6.42 Å².